The standard InChI is InChI=1S/C22H24N2/c1-15-17-12-13-22(2,19-10-6-5-9-18(17)19)24(15)21-14-16-8-4-7-11-20(16)23(21)3/h4-11,14-15,17H,12-13H2,1-3H3. The van der Waals surface area contributed by atoms with Crippen LogP contribution in [0.15, 0.2) is 54.6 Å². The van der Waals surface area contributed by atoms with Crippen LogP contribution in [0.25, 0.3) is 10.9 Å². The summed E-state index contributed by atoms with van der Waals surface area (Å²) >= 11 is 0. The Hall–Kier alpha value is -2.22. The molecule has 0 radical (unpaired) electrons. The first-order chi connectivity index (χ1) is 11.6. The van der Waals surface area contributed by atoms with Gasteiger partial charge in [-0.2, -0.15) is 0 Å². The summed E-state index contributed by atoms with van der Waals surface area (Å²) in [5.41, 5.74) is 4.52. The second-order valence-electron chi connectivity index (χ2n) is 7.74. The first-order valence-electron chi connectivity index (χ1n) is 9.04. The molecule has 1 fully saturated rings. The van der Waals surface area contributed by atoms with E-state index in [4.69, 9.17) is 0 Å². The van der Waals surface area contributed by atoms with Gasteiger partial charge in [0.25, 0.3) is 0 Å². The molecule has 3 heterocycles. The molecule has 0 N–H and O–H groups in total. The van der Waals surface area contributed by atoms with Gasteiger partial charge in [0.15, 0.2) is 0 Å². The fourth-order valence-electron chi connectivity index (χ4n) is 5.39. The van der Waals surface area contributed by atoms with Gasteiger partial charge in [-0.3, -0.25) is 0 Å². The molecule has 2 heteroatoms. The van der Waals surface area contributed by atoms with Crippen molar-refractivity contribution in [1.82, 2.24) is 4.57 Å². The first kappa shape index (κ1) is 14.2. The maximum atomic E-state index is 2.70. The Kier molecular flexibility index (Phi) is 2.75. The number of hydrogen-bond donors (Lipinski definition) is 0. The highest BCUT2D eigenvalue weighted by molar-refractivity contribution is 5.85. The van der Waals surface area contributed by atoms with Crippen LogP contribution >= 0.6 is 0 Å². The minimum atomic E-state index is 0.0902. The van der Waals surface area contributed by atoms with Crippen LogP contribution in [-0.4, -0.2) is 10.6 Å². The van der Waals surface area contributed by atoms with Crippen molar-refractivity contribution >= 4 is 16.7 Å². The lowest BCUT2D eigenvalue weighted by molar-refractivity contribution is 0.233. The van der Waals surface area contributed by atoms with E-state index in [-0.39, 0.29) is 5.54 Å². The van der Waals surface area contributed by atoms with E-state index in [1.54, 1.807) is 5.56 Å². The van der Waals surface area contributed by atoms with Crippen molar-refractivity contribution in [3.8, 4) is 0 Å². The molecule has 0 spiro atoms. The number of aromatic nitrogens is 1. The quantitative estimate of drug-likeness (QED) is 0.600. The lowest BCUT2D eigenvalue weighted by Gasteiger charge is -2.58. The van der Waals surface area contributed by atoms with Crippen molar-refractivity contribution < 1.29 is 0 Å². The number of rotatable bonds is 1. The van der Waals surface area contributed by atoms with Crippen LogP contribution in [0.5, 0.6) is 0 Å². The summed E-state index contributed by atoms with van der Waals surface area (Å²) in [6, 6.07) is 20.7. The molecule has 24 heavy (non-hydrogen) atoms. The van der Waals surface area contributed by atoms with Gasteiger partial charge in [0.05, 0.1) is 5.54 Å². The number of para-hydroxylation sites is 1. The second-order valence-corrected chi connectivity index (χ2v) is 7.74. The number of hydrogen-bond acceptors (Lipinski definition) is 1. The van der Waals surface area contributed by atoms with Gasteiger partial charge < -0.3 is 9.47 Å². The van der Waals surface area contributed by atoms with Gasteiger partial charge in [0.1, 0.15) is 5.82 Å². The molecule has 2 aromatic carbocycles. The van der Waals surface area contributed by atoms with Gasteiger partial charge in [-0.15, -0.1) is 0 Å². The highest BCUT2D eigenvalue weighted by atomic mass is 15.3. The minimum absolute atomic E-state index is 0.0902. The summed E-state index contributed by atoms with van der Waals surface area (Å²) in [7, 11) is 2.21. The van der Waals surface area contributed by atoms with E-state index in [0.717, 1.165) is 0 Å². The number of fused-ring (bicyclic) bond motifs is 3. The molecule has 3 aromatic rings. The van der Waals surface area contributed by atoms with Gasteiger partial charge in [-0.1, -0.05) is 42.5 Å². The van der Waals surface area contributed by atoms with Gasteiger partial charge in [0.2, 0.25) is 0 Å². The van der Waals surface area contributed by atoms with Gasteiger partial charge in [-0.25, -0.2) is 0 Å². The van der Waals surface area contributed by atoms with E-state index < -0.39 is 0 Å². The molecule has 3 aliphatic rings. The molecule has 2 bridgehead atoms. The Bertz CT molecular complexity index is 938. The van der Waals surface area contributed by atoms with Crippen LogP contribution in [0.4, 0.5) is 5.82 Å². The van der Waals surface area contributed by atoms with Crippen LogP contribution < -0.4 is 4.90 Å². The molecule has 1 aromatic heterocycles. The van der Waals surface area contributed by atoms with Crippen molar-refractivity contribution in [1.29, 1.82) is 0 Å². The van der Waals surface area contributed by atoms with Crippen LogP contribution in [0.2, 0.25) is 0 Å². The molecule has 2 nitrogen and oxygen atoms in total. The lowest BCUT2D eigenvalue weighted by Crippen LogP contribution is -2.59. The zero-order valence-electron chi connectivity index (χ0n) is 14.7. The van der Waals surface area contributed by atoms with E-state index in [0.29, 0.717) is 12.0 Å². The zero-order chi connectivity index (χ0) is 16.5. The third-order valence-corrected chi connectivity index (χ3v) is 6.58. The molecular weight excluding hydrogens is 292 g/mol. The average Bonchev–Trinajstić information content (AvgIpc) is 2.92. The van der Waals surface area contributed by atoms with Crippen molar-refractivity contribution in [2.45, 2.75) is 44.2 Å². The predicted octanol–water partition coefficient (Wildman–Crippen LogP) is 5.18. The van der Waals surface area contributed by atoms with E-state index in [1.165, 1.54) is 35.1 Å². The lowest BCUT2D eigenvalue weighted by atomic mass is 9.64. The number of aryl methyl sites for hydroxylation is 1. The van der Waals surface area contributed by atoms with Crippen molar-refractivity contribution in [2.75, 3.05) is 4.90 Å². The largest absolute Gasteiger partial charge is 0.345 e. The van der Waals surface area contributed by atoms with Crippen LogP contribution in [0.3, 0.4) is 0 Å². The van der Waals surface area contributed by atoms with Crippen LogP contribution in [0, 0.1) is 0 Å². The molecule has 1 saturated heterocycles. The predicted molar refractivity (Wildman–Crippen MR) is 101 cm³/mol. The summed E-state index contributed by atoms with van der Waals surface area (Å²) in [6.07, 6.45) is 2.54. The molecule has 3 atom stereocenters. The van der Waals surface area contributed by atoms with Crippen molar-refractivity contribution in [2.24, 2.45) is 7.05 Å². The van der Waals surface area contributed by atoms with E-state index >= 15 is 0 Å². The van der Waals surface area contributed by atoms with Crippen LogP contribution in [-0.2, 0) is 12.6 Å². The fraction of sp³-hybridized carbons (Fsp3) is 0.364. The van der Waals surface area contributed by atoms with Crippen LogP contribution in [0.1, 0.15) is 43.7 Å². The van der Waals surface area contributed by atoms with Gasteiger partial charge in [-0.05, 0) is 49.9 Å². The summed E-state index contributed by atoms with van der Waals surface area (Å²) in [4.78, 5) is 2.70. The topological polar surface area (TPSA) is 8.17 Å². The SMILES string of the molecule is CC1C2CCC(C)(c3ccccc32)N1c1cc2ccccc2n1C. The maximum Gasteiger partial charge on any atom is 0.110 e. The molecule has 3 unspecified atom stereocenters. The Morgan fingerprint density at radius 2 is 1.79 bits per heavy atom. The van der Waals surface area contributed by atoms with E-state index in [2.05, 4.69) is 85.0 Å². The third-order valence-electron chi connectivity index (χ3n) is 6.58. The Morgan fingerprint density at radius 3 is 2.62 bits per heavy atom. The summed E-state index contributed by atoms with van der Waals surface area (Å²) in [5, 5.41) is 1.33. The number of anilines is 1. The number of nitrogens with zero attached hydrogens (tertiary/aromatic N) is 2. The average molecular weight is 316 g/mol. The van der Waals surface area contributed by atoms with Crippen molar-refractivity contribution in [3.63, 3.8) is 0 Å². The van der Waals surface area contributed by atoms with Gasteiger partial charge >= 0.3 is 0 Å². The Balaban J connectivity index is 1.75. The highest BCUT2D eigenvalue weighted by Crippen LogP contribution is 2.55. The number of piperidine rings is 1. The molecule has 0 saturated carbocycles. The monoisotopic (exact) mass is 316 g/mol. The normalized spacial score (nSPS) is 28.4. The zero-order valence-corrected chi connectivity index (χ0v) is 14.7. The highest BCUT2D eigenvalue weighted by Gasteiger charge is 2.51. The second kappa shape index (κ2) is 4.66. The Morgan fingerprint density at radius 1 is 1.04 bits per heavy atom. The van der Waals surface area contributed by atoms with Gasteiger partial charge in [0, 0.05) is 29.9 Å². The molecule has 6 rings (SSSR count). The minimum Gasteiger partial charge on any atom is -0.345 e. The summed E-state index contributed by atoms with van der Waals surface area (Å²) in [6.45, 7) is 4.85. The molecule has 1 aliphatic carbocycles. The third kappa shape index (κ3) is 1.61. The van der Waals surface area contributed by atoms with E-state index in [9.17, 15) is 0 Å². The number of benzene rings is 2. The molecule has 122 valence electrons. The molecule has 2 aliphatic heterocycles. The smallest absolute Gasteiger partial charge is 0.110 e. The fourth-order valence-corrected chi connectivity index (χ4v) is 5.39. The summed E-state index contributed by atoms with van der Waals surface area (Å²) < 4.78 is 2.38. The first-order valence-corrected chi connectivity index (χ1v) is 9.04. The van der Waals surface area contributed by atoms with Crippen molar-refractivity contribution in [3.05, 3.63) is 65.7 Å². The van der Waals surface area contributed by atoms with E-state index in [1.807, 2.05) is 0 Å². The molecule has 0 amide bonds. The maximum absolute atomic E-state index is 2.70. The summed E-state index contributed by atoms with van der Waals surface area (Å²) in [5.74, 6) is 1.99. The molecular formula is C22H24N2. The Labute approximate surface area is 143 Å².